The third-order valence-electron chi connectivity index (χ3n) is 11.8. The number of carbonyl (C=O) groups excluding carboxylic acids is 3. The second-order valence-electron chi connectivity index (χ2n) is 18.5. The quantitative estimate of drug-likeness (QED) is 0.0228. The molecule has 1 saturated heterocycles. The van der Waals surface area contributed by atoms with Gasteiger partial charge in [0.15, 0.2) is 24.6 Å². The van der Waals surface area contributed by atoms with Crippen LogP contribution in [0, 0.1) is 0 Å². The van der Waals surface area contributed by atoms with Gasteiger partial charge >= 0.3 is 23.9 Å². The zero-order valence-electron chi connectivity index (χ0n) is 45.1. The molecule has 73 heavy (non-hydrogen) atoms. The van der Waals surface area contributed by atoms with E-state index in [4.69, 9.17) is 23.7 Å². The Bertz CT molecular complexity index is 1690. The van der Waals surface area contributed by atoms with Crippen LogP contribution in [0.4, 0.5) is 0 Å². The average Bonchev–Trinajstić information content (AvgIpc) is 3.37. The van der Waals surface area contributed by atoms with Crippen LogP contribution < -0.4 is 0 Å². The second kappa shape index (κ2) is 48.3. The van der Waals surface area contributed by atoms with Crippen LogP contribution in [0.25, 0.3) is 0 Å². The molecular weight excluding hydrogens is 925 g/mol. The largest absolute Gasteiger partial charge is 0.479 e. The number of carboxylic acids is 1. The fourth-order valence-electron chi connectivity index (χ4n) is 7.61. The summed E-state index contributed by atoms with van der Waals surface area (Å²) in [6, 6.07) is 0. The van der Waals surface area contributed by atoms with Gasteiger partial charge < -0.3 is 39.0 Å². The van der Waals surface area contributed by atoms with Crippen LogP contribution >= 0.6 is 0 Å². The SMILES string of the molecule is CC/C=C\C/C=C\C/C=C\C/C=C\C/C=C\CC(=O)OC(COC(=O)CCCCCCCCC/C=C\C/C=C\C/C=C\CC)COC1OC(C(=O)O)C(O)C(O)C1OC(=O)CCCCCCC/C=C\CCCC. The Morgan fingerprint density at radius 3 is 1.40 bits per heavy atom. The first-order valence-corrected chi connectivity index (χ1v) is 27.9. The van der Waals surface area contributed by atoms with Gasteiger partial charge in [0.25, 0.3) is 0 Å². The summed E-state index contributed by atoms with van der Waals surface area (Å²) in [5.41, 5.74) is 0. The van der Waals surface area contributed by atoms with E-state index in [2.05, 4.69) is 106 Å². The Labute approximate surface area is 440 Å². The van der Waals surface area contributed by atoms with Crippen LogP contribution in [0.3, 0.4) is 0 Å². The zero-order chi connectivity index (χ0) is 53.3. The molecule has 6 atom stereocenters. The lowest BCUT2D eigenvalue weighted by Gasteiger charge is -2.40. The summed E-state index contributed by atoms with van der Waals surface area (Å²) >= 11 is 0. The minimum Gasteiger partial charge on any atom is -0.479 e. The lowest BCUT2D eigenvalue weighted by atomic mass is 9.98. The third kappa shape index (κ3) is 38.6. The van der Waals surface area contributed by atoms with E-state index in [0.717, 1.165) is 128 Å². The number of aliphatic hydroxyl groups excluding tert-OH is 2. The van der Waals surface area contributed by atoms with Crippen LogP contribution in [0.2, 0.25) is 0 Å². The Hall–Kier alpha value is -4.62. The molecule has 1 aliphatic rings. The predicted molar refractivity (Wildman–Crippen MR) is 294 cm³/mol. The van der Waals surface area contributed by atoms with E-state index in [1.54, 1.807) is 6.08 Å². The summed E-state index contributed by atoms with van der Waals surface area (Å²) in [6.45, 7) is 5.60. The number of carbonyl (C=O) groups is 4. The van der Waals surface area contributed by atoms with Gasteiger partial charge in [0.2, 0.25) is 0 Å². The monoisotopic (exact) mass is 1020 g/mol. The molecule has 0 aliphatic carbocycles. The van der Waals surface area contributed by atoms with E-state index in [1.807, 2.05) is 18.2 Å². The van der Waals surface area contributed by atoms with Crippen LogP contribution in [0.15, 0.2) is 109 Å². The van der Waals surface area contributed by atoms with Crippen molar-refractivity contribution < 1.29 is 58.2 Å². The number of aliphatic carboxylic acids is 1. The molecule has 12 nitrogen and oxygen atoms in total. The van der Waals surface area contributed by atoms with Crippen molar-refractivity contribution in [1.29, 1.82) is 0 Å². The van der Waals surface area contributed by atoms with Gasteiger partial charge in [0.05, 0.1) is 13.0 Å². The number of allylic oxidation sites excluding steroid dienone is 17. The molecule has 0 spiro atoms. The molecule has 1 fully saturated rings. The number of ether oxygens (including phenoxy) is 5. The highest BCUT2D eigenvalue weighted by Gasteiger charge is 2.50. The summed E-state index contributed by atoms with van der Waals surface area (Å²) in [5, 5.41) is 31.4. The smallest absolute Gasteiger partial charge is 0.335 e. The first-order chi connectivity index (χ1) is 35.6. The van der Waals surface area contributed by atoms with Crippen molar-refractivity contribution in [2.75, 3.05) is 13.2 Å². The van der Waals surface area contributed by atoms with Crippen molar-refractivity contribution in [1.82, 2.24) is 0 Å². The summed E-state index contributed by atoms with van der Waals surface area (Å²) in [7, 11) is 0. The van der Waals surface area contributed by atoms with Crippen LogP contribution in [-0.2, 0) is 42.9 Å². The zero-order valence-corrected chi connectivity index (χ0v) is 45.1. The van der Waals surface area contributed by atoms with Gasteiger partial charge in [-0.1, -0.05) is 194 Å². The van der Waals surface area contributed by atoms with Crippen LogP contribution in [-0.4, -0.2) is 89.2 Å². The minimum atomic E-state index is -1.92. The summed E-state index contributed by atoms with van der Waals surface area (Å²) < 4.78 is 28.2. The molecule has 0 bridgehead atoms. The number of hydrogen-bond donors (Lipinski definition) is 3. The Balaban J connectivity index is 2.77. The van der Waals surface area contributed by atoms with Crippen molar-refractivity contribution in [3.05, 3.63) is 109 Å². The fraction of sp³-hybridized carbons (Fsp3) is 0.639. The number of unbranched alkanes of at least 4 members (excludes halogenated alkanes) is 14. The first-order valence-electron chi connectivity index (χ1n) is 27.9. The number of rotatable bonds is 45. The van der Waals surface area contributed by atoms with Gasteiger partial charge in [0, 0.05) is 12.8 Å². The summed E-state index contributed by atoms with van der Waals surface area (Å²) in [4.78, 5) is 50.9. The Kier molecular flexibility index (Phi) is 44.0. The van der Waals surface area contributed by atoms with E-state index < -0.39 is 67.3 Å². The number of hydrogen-bond acceptors (Lipinski definition) is 11. The molecule has 1 aliphatic heterocycles. The van der Waals surface area contributed by atoms with Gasteiger partial charge in [-0.25, -0.2) is 4.79 Å². The minimum absolute atomic E-state index is 0.0333. The molecule has 0 amide bonds. The van der Waals surface area contributed by atoms with E-state index in [1.165, 1.54) is 12.8 Å². The van der Waals surface area contributed by atoms with E-state index >= 15 is 0 Å². The van der Waals surface area contributed by atoms with Gasteiger partial charge in [-0.05, 0) is 96.3 Å². The Morgan fingerprint density at radius 2 is 0.904 bits per heavy atom. The fourth-order valence-corrected chi connectivity index (χ4v) is 7.61. The molecule has 12 heteroatoms. The molecule has 1 heterocycles. The topological polar surface area (TPSA) is 175 Å². The number of carboxylic acid groups (broad SMARTS) is 1. The normalized spacial score (nSPS) is 19.2. The number of esters is 3. The molecule has 0 radical (unpaired) electrons. The standard InChI is InChI=1S/C61H96O12/c1-4-7-10-13-16-19-22-24-26-27-29-30-33-35-38-41-44-47-53(62)69-50-52(71-54(63)48-45-42-39-37-34-31-28-25-23-20-17-14-11-8-5-2)51-70-61-59(57(66)56(65)58(73-61)60(67)68)72-55(64)49-46-43-40-36-32-21-18-15-12-9-6-3/h7-8,10-11,15-20,24-26,28,34,37,42,45,52,56-59,61,65-66H,4-6,9,12-14,21-23,27,29-33,35-36,38-41,43-44,46-51H2,1-3H3,(H,67,68)/b10-7-,11-8-,18-15-,19-16-,20-17-,26-24-,28-25-,37-34-,45-42-. The maximum atomic E-state index is 13.1. The van der Waals surface area contributed by atoms with Crippen molar-refractivity contribution in [2.24, 2.45) is 0 Å². The summed E-state index contributed by atoms with van der Waals surface area (Å²) in [6.07, 6.45) is 52.4. The van der Waals surface area contributed by atoms with E-state index in [-0.39, 0.29) is 25.9 Å². The lowest BCUT2D eigenvalue weighted by Crippen LogP contribution is -2.61. The maximum absolute atomic E-state index is 13.1. The summed E-state index contributed by atoms with van der Waals surface area (Å²) in [5.74, 6) is -3.33. The third-order valence-corrected chi connectivity index (χ3v) is 11.8. The van der Waals surface area contributed by atoms with Crippen molar-refractivity contribution in [2.45, 2.75) is 237 Å². The van der Waals surface area contributed by atoms with Crippen molar-refractivity contribution in [3.63, 3.8) is 0 Å². The lowest BCUT2D eigenvalue weighted by molar-refractivity contribution is -0.301. The molecule has 0 aromatic carbocycles. The van der Waals surface area contributed by atoms with Gasteiger partial charge in [-0.3, -0.25) is 14.4 Å². The van der Waals surface area contributed by atoms with Gasteiger partial charge in [0.1, 0.15) is 18.8 Å². The predicted octanol–water partition coefficient (Wildman–Crippen LogP) is 13.9. The van der Waals surface area contributed by atoms with Crippen molar-refractivity contribution in [3.8, 4) is 0 Å². The highest BCUT2D eigenvalue weighted by molar-refractivity contribution is 5.74. The van der Waals surface area contributed by atoms with Gasteiger partial charge in [-0.15, -0.1) is 0 Å². The Morgan fingerprint density at radius 1 is 0.479 bits per heavy atom. The second-order valence-corrected chi connectivity index (χ2v) is 18.5. The van der Waals surface area contributed by atoms with Crippen LogP contribution in [0.5, 0.6) is 0 Å². The highest BCUT2D eigenvalue weighted by Crippen LogP contribution is 2.26. The van der Waals surface area contributed by atoms with Gasteiger partial charge in [-0.2, -0.15) is 0 Å². The molecule has 0 aromatic heterocycles. The maximum Gasteiger partial charge on any atom is 0.335 e. The van der Waals surface area contributed by atoms with E-state index in [9.17, 15) is 34.5 Å². The van der Waals surface area contributed by atoms with Crippen LogP contribution in [0.1, 0.15) is 201 Å². The highest BCUT2D eigenvalue weighted by atomic mass is 16.7. The molecular formula is C61H96O12. The first kappa shape index (κ1) is 66.4. The molecule has 0 saturated carbocycles. The molecule has 1 rings (SSSR count). The van der Waals surface area contributed by atoms with Crippen molar-refractivity contribution >= 4 is 23.9 Å². The number of aliphatic hydroxyl groups is 2. The molecule has 412 valence electrons. The molecule has 3 N–H and O–H groups in total. The molecule has 6 unspecified atom stereocenters. The average molecular weight is 1020 g/mol. The molecule has 0 aromatic rings. The van der Waals surface area contributed by atoms with E-state index in [0.29, 0.717) is 19.3 Å².